The van der Waals surface area contributed by atoms with Gasteiger partial charge in [0.05, 0.1) is 17.6 Å². The van der Waals surface area contributed by atoms with Gasteiger partial charge in [-0.1, -0.05) is 62.5 Å². The topological polar surface area (TPSA) is 55.1 Å². The first-order valence-corrected chi connectivity index (χ1v) is 9.72. The molecule has 0 saturated carbocycles. The van der Waals surface area contributed by atoms with Crippen molar-refractivity contribution in [3.63, 3.8) is 0 Å². The highest BCUT2D eigenvalue weighted by atomic mass is 32.2. The van der Waals surface area contributed by atoms with Crippen molar-refractivity contribution in [1.29, 1.82) is 0 Å². The molecule has 0 saturated heterocycles. The quantitative estimate of drug-likeness (QED) is 0.553. The molecule has 0 bridgehead atoms. The summed E-state index contributed by atoms with van der Waals surface area (Å²) in [6.07, 6.45) is 3.48. The standard InChI is InChI=1S/C22H24N2O2S/c1-6-15-13-23-21(27-22(4,5)20(25)26)24(15)19-12-11-16(14(2)3)17-9-7-8-10-18(17)19/h6-14H,1H2,2-5H3,(H,25,26). The number of rotatable bonds is 6. The van der Waals surface area contributed by atoms with Gasteiger partial charge in [-0.15, -0.1) is 0 Å². The number of thioether (sulfide) groups is 1. The zero-order valence-corrected chi connectivity index (χ0v) is 16.9. The van der Waals surface area contributed by atoms with E-state index in [1.54, 1.807) is 26.1 Å². The van der Waals surface area contributed by atoms with Crippen LogP contribution < -0.4 is 0 Å². The van der Waals surface area contributed by atoms with Crippen LogP contribution in [0.1, 0.15) is 44.9 Å². The number of imidazole rings is 1. The van der Waals surface area contributed by atoms with E-state index in [2.05, 4.69) is 49.7 Å². The maximum absolute atomic E-state index is 11.6. The number of benzene rings is 2. The first-order valence-electron chi connectivity index (χ1n) is 8.91. The van der Waals surface area contributed by atoms with Crippen molar-refractivity contribution in [2.24, 2.45) is 0 Å². The van der Waals surface area contributed by atoms with E-state index in [0.717, 1.165) is 16.8 Å². The molecule has 0 fully saturated rings. The fourth-order valence-electron chi connectivity index (χ4n) is 3.08. The van der Waals surface area contributed by atoms with Crippen LogP contribution in [0.25, 0.3) is 22.5 Å². The Hall–Kier alpha value is -2.53. The molecule has 0 unspecified atom stereocenters. The summed E-state index contributed by atoms with van der Waals surface area (Å²) in [5.41, 5.74) is 3.10. The molecule has 0 aliphatic rings. The molecular formula is C22H24N2O2S. The third-order valence-corrected chi connectivity index (χ3v) is 5.78. The highest BCUT2D eigenvalue weighted by Crippen LogP contribution is 2.37. The van der Waals surface area contributed by atoms with E-state index < -0.39 is 10.7 Å². The lowest BCUT2D eigenvalue weighted by Crippen LogP contribution is -2.27. The third kappa shape index (κ3) is 3.52. The molecule has 1 aromatic heterocycles. The van der Waals surface area contributed by atoms with Gasteiger partial charge in [0.15, 0.2) is 5.16 Å². The second-order valence-electron chi connectivity index (χ2n) is 7.30. The number of carboxylic acid groups (broad SMARTS) is 1. The van der Waals surface area contributed by atoms with Gasteiger partial charge in [-0.2, -0.15) is 0 Å². The number of fused-ring (bicyclic) bond motifs is 1. The number of aliphatic carboxylic acids is 1. The van der Waals surface area contributed by atoms with Crippen molar-refractivity contribution in [2.75, 3.05) is 0 Å². The number of carboxylic acids is 1. The van der Waals surface area contributed by atoms with Crippen LogP contribution in [0, 0.1) is 0 Å². The van der Waals surface area contributed by atoms with Crippen molar-refractivity contribution >= 4 is 34.6 Å². The summed E-state index contributed by atoms with van der Waals surface area (Å²) >= 11 is 1.24. The Balaban J connectivity index is 2.26. The zero-order chi connectivity index (χ0) is 19.8. The van der Waals surface area contributed by atoms with Crippen LogP contribution >= 0.6 is 11.8 Å². The van der Waals surface area contributed by atoms with Crippen LogP contribution in [0.4, 0.5) is 0 Å². The van der Waals surface area contributed by atoms with Crippen molar-refractivity contribution in [3.8, 4) is 5.69 Å². The van der Waals surface area contributed by atoms with E-state index in [9.17, 15) is 9.90 Å². The van der Waals surface area contributed by atoms with E-state index >= 15 is 0 Å². The Morgan fingerprint density at radius 1 is 1.22 bits per heavy atom. The van der Waals surface area contributed by atoms with Gasteiger partial charge in [0.25, 0.3) is 0 Å². The maximum Gasteiger partial charge on any atom is 0.319 e. The monoisotopic (exact) mass is 380 g/mol. The minimum absolute atomic E-state index is 0.408. The Labute approximate surface area is 163 Å². The third-order valence-electron chi connectivity index (χ3n) is 4.63. The summed E-state index contributed by atoms with van der Waals surface area (Å²) in [4.78, 5) is 16.1. The average Bonchev–Trinajstić information content (AvgIpc) is 3.02. The minimum Gasteiger partial charge on any atom is -0.480 e. The second-order valence-corrected chi connectivity index (χ2v) is 8.89. The molecule has 0 atom stereocenters. The molecule has 140 valence electrons. The smallest absolute Gasteiger partial charge is 0.319 e. The SMILES string of the molecule is C=Cc1cnc(SC(C)(C)C(=O)O)n1-c1ccc(C(C)C)c2ccccc12. The second kappa shape index (κ2) is 7.24. The predicted octanol–water partition coefficient (Wildman–Crippen LogP) is 5.75. The van der Waals surface area contributed by atoms with Gasteiger partial charge in [-0.25, -0.2) is 4.98 Å². The van der Waals surface area contributed by atoms with Gasteiger partial charge in [0.1, 0.15) is 4.75 Å². The fourth-order valence-corrected chi connectivity index (χ4v) is 4.03. The van der Waals surface area contributed by atoms with Crippen molar-refractivity contribution in [1.82, 2.24) is 9.55 Å². The lowest BCUT2D eigenvalue weighted by atomic mass is 9.95. The van der Waals surface area contributed by atoms with Crippen LogP contribution in [0.3, 0.4) is 0 Å². The first kappa shape index (κ1) is 19.2. The van der Waals surface area contributed by atoms with Gasteiger partial charge in [-0.05, 0) is 42.9 Å². The normalized spacial score (nSPS) is 11.9. The molecule has 3 aromatic rings. The molecule has 0 aliphatic heterocycles. The predicted molar refractivity (Wildman–Crippen MR) is 113 cm³/mol. The number of aromatic nitrogens is 2. The van der Waals surface area contributed by atoms with Crippen LogP contribution in [-0.2, 0) is 4.79 Å². The Bertz CT molecular complexity index is 1020. The molecule has 0 radical (unpaired) electrons. The molecule has 4 nitrogen and oxygen atoms in total. The Morgan fingerprint density at radius 2 is 1.89 bits per heavy atom. The number of carbonyl (C=O) groups is 1. The van der Waals surface area contributed by atoms with E-state index in [-0.39, 0.29) is 0 Å². The van der Waals surface area contributed by atoms with Gasteiger partial charge in [0, 0.05) is 5.39 Å². The maximum atomic E-state index is 11.6. The molecule has 2 aromatic carbocycles. The van der Waals surface area contributed by atoms with Crippen molar-refractivity contribution in [2.45, 2.75) is 43.5 Å². The first-order chi connectivity index (χ1) is 12.8. The summed E-state index contributed by atoms with van der Waals surface area (Å²) in [6.45, 7) is 11.6. The van der Waals surface area contributed by atoms with E-state index in [4.69, 9.17) is 0 Å². The minimum atomic E-state index is -0.991. The van der Waals surface area contributed by atoms with Crippen molar-refractivity contribution < 1.29 is 9.90 Å². The summed E-state index contributed by atoms with van der Waals surface area (Å²) in [6, 6.07) is 12.5. The molecule has 1 heterocycles. The number of nitrogens with zero attached hydrogens (tertiary/aromatic N) is 2. The summed E-state index contributed by atoms with van der Waals surface area (Å²) in [5.74, 6) is -0.465. The van der Waals surface area contributed by atoms with Crippen LogP contribution in [0.5, 0.6) is 0 Å². The molecule has 27 heavy (non-hydrogen) atoms. The highest BCUT2D eigenvalue weighted by Gasteiger charge is 2.31. The molecular weight excluding hydrogens is 356 g/mol. The summed E-state index contributed by atoms with van der Waals surface area (Å²) in [7, 11) is 0. The molecule has 5 heteroatoms. The molecule has 0 aliphatic carbocycles. The van der Waals surface area contributed by atoms with E-state index in [1.807, 2.05) is 16.7 Å². The van der Waals surface area contributed by atoms with Crippen LogP contribution in [0.2, 0.25) is 0 Å². The summed E-state index contributed by atoms with van der Waals surface area (Å²) < 4.78 is 1.00. The van der Waals surface area contributed by atoms with Gasteiger partial charge < -0.3 is 5.11 Å². The van der Waals surface area contributed by atoms with Gasteiger partial charge >= 0.3 is 5.97 Å². The van der Waals surface area contributed by atoms with Crippen LogP contribution in [-0.4, -0.2) is 25.4 Å². The fraction of sp³-hybridized carbons (Fsp3) is 0.273. The zero-order valence-electron chi connectivity index (χ0n) is 16.1. The van der Waals surface area contributed by atoms with Crippen LogP contribution in [0.15, 0.2) is 54.3 Å². The van der Waals surface area contributed by atoms with Gasteiger partial charge in [0.2, 0.25) is 0 Å². The molecule has 3 rings (SSSR count). The molecule has 1 N–H and O–H groups in total. The number of hydrogen-bond donors (Lipinski definition) is 1. The lowest BCUT2D eigenvalue weighted by Gasteiger charge is -2.21. The van der Waals surface area contributed by atoms with Crippen molar-refractivity contribution in [3.05, 3.63) is 60.4 Å². The largest absolute Gasteiger partial charge is 0.480 e. The number of hydrogen-bond acceptors (Lipinski definition) is 3. The summed E-state index contributed by atoms with van der Waals surface area (Å²) in [5, 5.41) is 12.5. The highest BCUT2D eigenvalue weighted by molar-refractivity contribution is 8.01. The average molecular weight is 381 g/mol. The van der Waals surface area contributed by atoms with E-state index in [0.29, 0.717) is 11.1 Å². The van der Waals surface area contributed by atoms with E-state index in [1.165, 1.54) is 22.7 Å². The lowest BCUT2D eigenvalue weighted by molar-refractivity contribution is -0.138. The molecule has 0 amide bonds. The molecule has 0 spiro atoms. The van der Waals surface area contributed by atoms with Gasteiger partial charge in [-0.3, -0.25) is 9.36 Å². The Kier molecular flexibility index (Phi) is 5.16. The Morgan fingerprint density at radius 3 is 2.48 bits per heavy atom.